The second kappa shape index (κ2) is 3.78. The van der Waals surface area contributed by atoms with Gasteiger partial charge in [-0.3, -0.25) is 0 Å². The van der Waals surface area contributed by atoms with E-state index in [0.29, 0.717) is 0 Å². The van der Waals surface area contributed by atoms with Crippen LogP contribution in [0, 0.1) is 5.53 Å². The minimum absolute atomic E-state index is 0.241. The lowest BCUT2D eigenvalue weighted by Gasteiger charge is -1.96. The molecule has 0 aliphatic heterocycles. The first-order valence-electron chi connectivity index (χ1n) is 2.67. The minimum Gasteiger partial charge on any atom is -0.210 e. The summed E-state index contributed by atoms with van der Waals surface area (Å²) in [4.78, 5) is 0. The van der Waals surface area contributed by atoms with Gasteiger partial charge in [0.25, 0.3) is 0 Å². The molecule has 0 aromatic heterocycles. The molecule has 0 aliphatic carbocycles. The maximum absolute atomic E-state index is 6.54. The summed E-state index contributed by atoms with van der Waals surface area (Å²) in [5.74, 6) is 0. The highest BCUT2D eigenvalue weighted by Gasteiger charge is 1.91. The van der Waals surface area contributed by atoms with E-state index in [1.54, 1.807) is 0 Å². The van der Waals surface area contributed by atoms with Crippen molar-refractivity contribution in [3.8, 4) is 0 Å². The summed E-state index contributed by atoms with van der Waals surface area (Å²) in [5.41, 5.74) is 6.54. The molecule has 0 amide bonds. The first kappa shape index (κ1) is 6.60. The molecule has 2 nitrogen and oxygen atoms in total. The first-order chi connectivity index (χ1) is 3.31. The van der Waals surface area contributed by atoms with E-state index in [1.807, 2.05) is 6.92 Å². The Labute approximate surface area is 44.4 Å². The van der Waals surface area contributed by atoms with Crippen LogP contribution in [0.3, 0.4) is 0 Å². The summed E-state index contributed by atoms with van der Waals surface area (Å²) in [6.07, 6.45) is 2.17. The SMILES string of the molecule is CCC[C@@H](C)N=N. The van der Waals surface area contributed by atoms with Crippen molar-refractivity contribution >= 4 is 0 Å². The Hall–Kier alpha value is -0.400. The van der Waals surface area contributed by atoms with Gasteiger partial charge in [0.1, 0.15) is 0 Å². The van der Waals surface area contributed by atoms with Crippen molar-refractivity contribution < 1.29 is 0 Å². The van der Waals surface area contributed by atoms with Crippen LogP contribution in [-0.4, -0.2) is 6.04 Å². The van der Waals surface area contributed by atoms with E-state index in [9.17, 15) is 0 Å². The van der Waals surface area contributed by atoms with Crippen molar-refractivity contribution in [2.75, 3.05) is 0 Å². The van der Waals surface area contributed by atoms with E-state index in [1.165, 1.54) is 0 Å². The fourth-order valence-corrected chi connectivity index (χ4v) is 0.482. The van der Waals surface area contributed by atoms with Gasteiger partial charge in [-0.25, -0.2) is 5.53 Å². The van der Waals surface area contributed by atoms with Gasteiger partial charge >= 0.3 is 0 Å². The predicted molar refractivity (Wildman–Crippen MR) is 29.5 cm³/mol. The van der Waals surface area contributed by atoms with Crippen molar-refractivity contribution in [1.29, 1.82) is 5.53 Å². The first-order valence-corrected chi connectivity index (χ1v) is 2.67. The quantitative estimate of drug-likeness (QED) is 0.528. The normalized spacial score (nSPS) is 13.4. The average molecular weight is 100 g/mol. The molecule has 0 radical (unpaired) electrons. The summed E-state index contributed by atoms with van der Waals surface area (Å²) in [7, 11) is 0. The Bertz CT molecular complexity index is 52.0. The van der Waals surface area contributed by atoms with Crippen molar-refractivity contribution in [2.24, 2.45) is 5.11 Å². The molecule has 0 spiro atoms. The number of rotatable bonds is 3. The molecule has 0 bridgehead atoms. The van der Waals surface area contributed by atoms with Gasteiger partial charge in [-0.2, -0.15) is 5.11 Å². The Kier molecular flexibility index (Phi) is 3.56. The fraction of sp³-hybridized carbons (Fsp3) is 1.00. The zero-order valence-electron chi connectivity index (χ0n) is 4.94. The number of nitrogens with one attached hydrogen (secondary N) is 1. The standard InChI is InChI=1S/C5H12N2/c1-3-4-5(2)7-6/h5-6H,3-4H2,1-2H3/t5-/m1/s1. The van der Waals surface area contributed by atoms with Crippen molar-refractivity contribution in [2.45, 2.75) is 32.7 Å². The topological polar surface area (TPSA) is 36.2 Å². The van der Waals surface area contributed by atoms with Gasteiger partial charge in [0.15, 0.2) is 0 Å². The average Bonchev–Trinajstić information content (AvgIpc) is 1.68. The van der Waals surface area contributed by atoms with Crippen LogP contribution in [0.25, 0.3) is 0 Å². The van der Waals surface area contributed by atoms with E-state index in [-0.39, 0.29) is 6.04 Å². The number of nitrogens with zero attached hydrogens (tertiary/aromatic N) is 1. The maximum atomic E-state index is 6.54. The van der Waals surface area contributed by atoms with Crippen molar-refractivity contribution in [3.05, 3.63) is 0 Å². The highest BCUT2D eigenvalue weighted by atomic mass is 15.0. The molecule has 0 heterocycles. The van der Waals surface area contributed by atoms with Gasteiger partial charge in [-0.05, 0) is 13.3 Å². The van der Waals surface area contributed by atoms with Crippen LogP contribution < -0.4 is 0 Å². The molecular weight excluding hydrogens is 88.1 g/mol. The van der Waals surface area contributed by atoms with Gasteiger partial charge in [0, 0.05) is 0 Å². The van der Waals surface area contributed by atoms with E-state index >= 15 is 0 Å². The molecule has 7 heavy (non-hydrogen) atoms. The Morgan fingerprint density at radius 3 is 2.43 bits per heavy atom. The molecule has 0 saturated heterocycles. The van der Waals surface area contributed by atoms with Gasteiger partial charge in [-0.15, -0.1) is 0 Å². The molecule has 0 unspecified atom stereocenters. The fourth-order valence-electron chi connectivity index (χ4n) is 0.482. The van der Waals surface area contributed by atoms with E-state index in [2.05, 4.69) is 12.0 Å². The zero-order chi connectivity index (χ0) is 5.70. The van der Waals surface area contributed by atoms with Crippen LogP contribution in [0.5, 0.6) is 0 Å². The minimum atomic E-state index is 0.241. The molecule has 0 aromatic rings. The molecule has 0 aliphatic rings. The third kappa shape index (κ3) is 3.43. The Morgan fingerprint density at radius 1 is 1.71 bits per heavy atom. The van der Waals surface area contributed by atoms with Crippen LogP contribution in [0.15, 0.2) is 5.11 Å². The highest BCUT2D eigenvalue weighted by Crippen LogP contribution is 1.97. The van der Waals surface area contributed by atoms with Gasteiger partial charge < -0.3 is 0 Å². The zero-order valence-corrected chi connectivity index (χ0v) is 4.94. The van der Waals surface area contributed by atoms with Gasteiger partial charge in [0.2, 0.25) is 0 Å². The molecule has 0 saturated carbocycles. The molecular formula is C5H12N2. The van der Waals surface area contributed by atoms with Crippen LogP contribution >= 0.6 is 0 Å². The van der Waals surface area contributed by atoms with E-state index in [4.69, 9.17) is 5.53 Å². The van der Waals surface area contributed by atoms with Crippen LogP contribution in [0.4, 0.5) is 0 Å². The van der Waals surface area contributed by atoms with E-state index in [0.717, 1.165) is 12.8 Å². The Morgan fingerprint density at radius 2 is 2.29 bits per heavy atom. The summed E-state index contributed by atoms with van der Waals surface area (Å²) in [5, 5.41) is 3.33. The summed E-state index contributed by atoms with van der Waals surface area (Å²) < 4.78 is 0. The second-order valence-corrected chi connectivity index (χ2v) is 1.77. The summed E-state index contributed by atoms with van der Waals surface area (Å²) in [6, 6.07) is 0.241. The van der Waals surface area contributed by atoms with Crippen molar-refractivity contribution in [1.82, 2.24) is 0 Å². The monoisotopic (exact) mass is 100 g/mol. The Balaban J connectivity index is 2.98. The molecule has 1 atom stereocenters. The van der Waals surface area contributed by atoms with Gasteiger partial charge in [-0.1, -0.05) is 13.3 Å². The molecule has 42 valence electrons. The molecule has 0 fully saturated rings. The summed E-state index contributed by atoms with van der Waals surface area (Å²) >= 11 is 0. The smallest absolute Gasteiger partial charge is 0.0677 e. The van der Waals surface area contributed by atoms with Crippen LogP contribution in [0.2, 0.25) is 0 Å². The third-order valence-corrected chi connectivity index (χ3v) is 0.927. The van der Waals surface area contributed by atoms with Crippen molar-refractivity contribution in [3.63, 3.8) is 0 Å². The molecule has 2 heteroatoms. The molecule has 1 N–H and O–H groups in total. The molecule has 0 aromatic carbocycles. The van der Waals surface area contributed by atoms with Gasteiger partial charge in [0.05, 0.1) is 6.04 Å². The lowest BCUT2D eigenvalue weighted by molar-refractivity contribution is 0.613. The number of hydrogen-bond acceptors (Lipinski definition) is 2. The maximum Gasteiger partial charge on any atom is 0.0677 e. The molecule has 0 rings (SSSR count). The van der Waals surface area contributed by atoms with Crippen LogP contribution in [-0.2, 0) is 0 Å². The lowest BCUT2D eigenvalue weighted by atomic mass is 10.2. The largest absolute Gasteiger partial charge is 0.210 e. The van der Waals surface area contributed by atoms with E-state index < -0.39 is 0 Å². The number of hydrogen-bond donors (Lipinski definition) is 1. The summed E-state index contributed by atoms with van der Waals surface area (Å²) in [6.45, 7) is 4.05. The third-order valence-electron chi connectivity index (χ3n) is 0.927. The lowest BCUT2D eigenvalue weighted by Crippen LogP contribution is -1.92. The highest BCUT2D eigenvalue weighted by molar-refractivity contribution is 4.51. The van der Waals surface area contributed by atoms with Crippen LogP contribution in [0.1, 0.15) is 26.7 Å². The predicted octanol–water partition coefficient (Wildman–Crippen LogP) is 2.21. The second-order valence-electron chi connectivity index (χ2n) is 1.77.